The van der Waals surface area contributed by atoms with Crippen molar-refractivity contribution < 1.29 is 0 Å². The van der Waals surface area contributed by atoms with Crippen LogP contribution >= 0.6 is 11.3 Å². The summed E-state index contributed by atoms with van der Waals surface area (Å²) in [5, 5.41) is 10.2. The van der Waals surface area contributed by atoms with E-state index < -0.39 is 0 Å². The summed E-state index contributed by atoms with van der Waals surface area (Å²) in [5.74, 6) is 0.697. The summed E-state index contributed by atoms with van der Waals surface area (Å²) in [4.78, 5) is 10.5. The molecule has 3 heteroatoms. The van der Waals surface area contributed by atoms with Gasteiger partial charge in [0.15, 0.2) is 5.82 Å². The third-order valence-corrected chi connectivity index (χ3v) is 13.2. The Morgan fingerprint density at radius 1 is 0.262 bits per heavy atom. The molecule has 2 aromatic heterocycles. The molecule has 0 amide bonds. The highest BCUT2D eigenvalue weighted by Gasteiger charge is 2.15. The number of benzene rings is 10. The van der Waals surface area contributed by atoms with Gasteiger partial charge >= 0.3 is 0 Å². The van der Waals surface area contributed by atoms with Crippen LogP contribution in [-0.4, -0.2) is 9.97 Å². The third-order valence-electron chi connectivity index (χ3n) is 12.1. The van der Waals surface area contributed by atoms with E-state index in [0.717, 1.165) is 33.6 Å². The largest absolute Gasteiger partial charge is 0.228 e. The Morgan fingerprint density at radius 3 is 1.51 bits per heavy atom. The van der Waals surface area contributed by atoms with Gasteiger partial charge in [-0.1, -0.05) is 194 Å². The smallest absolute Gasteiger partial charge is 0.160 e. The van der Waals surface area contributed by atoms with Gasteiger partial charge in [0, 0.05) is 36.9 Å². The van der Waals surface area contributed by atoms with Crippen LogP contribution in [0.15, 0.2) is 218 Å². The van der Waals surface area contributed by atoms with E-state index in [4.69, 9.17) is 9.97 Å². The van der Waals surface area contributed by atoms with Gasteiger partial charge in [0.25, 0.3) is 0 Å². The van der Waals surface area contributed by atoms with Crippen molar-refractivity contribution in [3.8, 4) is 67.3 Å². The third kappa shape index (κ3) is 6.26. The topological polar surface area (TPSA) is 25.8 Å². The first kappa shape index (κ1) is 35.2. The Kier molecular flexibility index (Phi) is 8.39. The van der Waals surface area contributed by atoms with Gasteiger partial charge in [-0.25, -0.2) is 9.97 Å². The van der Waals surface area contributed by atoms with Crippen LogP contribution in [0.3, 0.4) is 0 Å². The number of hydrogen-bond donors (Lipinski definition) is 0. The molecule has 2 heterocycles. The van der Waals surface area contributed by atoms with Crippen molar-refractivity contribution in [1.82, 2.24) is 9.97 Å². The minimum atomic E-state index is 0.697. The lowest BCUT2D eigenvalue weighted by Gasteiger charge is -2.15. The number of aromatic nitrogens is 2. The van der Waals surface area contributed by atoms with Gasteiger partial charge in [-0.15, -0.1) is 11.3 Å². The second kappa shape index (κ2) is 14.5. The molecule has 61 heavy (non-hydrogen) atoms. The zero-order valence-electron chi connectivity index (χ0n) is 33.1. The molecule has 0 aliphatic carbocycles. The molecule has 0 bridgehead atoms. The molecule has 12 rings (SSSR count). The molecule has 2 nitrogen and oxygen atoms in total. The van der Waals surface area contributed by atoms with Crippen molar-refractivity contribution in [1.29, 1.82) is 0 Å². The van der Waals surface area contributed by atoms with E-state index in [-0.39, 0.29) is 0 Å². The van der Waals surface area contributed by atoms with Crippen molar-refractivity contribution in [3.63, 3.8) is 0 Å². The number of rotatable bonds is 6. The van der Waals surface area contributed by atoms with Crippen LogP contribution in [-0.2, 0) is 0 Å². The first-order valence-electron chi connectivity index (χ1n) is 20.7. The summed E-state index contributed by atoms with van der Waals surface area (Å²) in [6.07, 6.45) is 0. The van der Waals surface area contributed by atoms with Crippen LogP contribution in [0.2, 0.25) is 0 Å². The molecule has 0 atom stereocenters. The Balaban J connectivity index is 0.952. The molecular weight excluding hydrogens is 757 g/mol. The summed E-state index contributed by atoms with van der Waals surface area (Å²) in [6, 6.07) is 78.7. The Bertz CT molecular complexity index is 3610. The average Bonchev–Trinajstić information content (AvgIpc) is 3.71. The minimum absolute atomic E-state index is 0.697. The second-order valence-corrected chi connectivity index (χ2v) is 16.8. The summed E-state index contributed by atoms with van der Waals surface area (Å²) in [5.41, 5.74) is 12.0. The van der Waals surface area contributed by atoms with Gasteiger partial charge in [0.1, 0.15) is 0 Å². The molecule has 0 saturated carbocycles. The zero-order chi connectivity index (χ0) is 40.3. The highest BCUT2D eigenvalue weighted by Crippen LogP contribution is 2.41. The maximum absolute atomic E-state index is 5.24. The van der Waals surface area contributed by atoms with E-state index in [9.17, 15) is 0 Å². The molecule has 0 unspecified atom stereocenters. The molecule has 284 valence electrons. The van der Waals surface area contributed by atoms with Crippen LogP contribution in [0.5, 0.6) is 0 Å². The molecule has 12 aromatic rings. The molecule has 0 spiro atoms. The predicted molar refractivity (Wildman–Crippen MR) is 260 cm³/mol. The van der Waals surface area contributed by atoms with E-state index in [2.05, 4.69) is 212 Å². The number of nitrogens with zero attached hydrogens (tertiary/aromatic N) is 2. The van der Waals surface area contributed by atoms with E-state index >= 15 is 0 Å². The maximum atomic E-state index is 5.24. The molecule has 0 aliphatic rings. The summed E-state index contributed by atoms with van der Waals surface area (Å²) in [6.45, 7) is 0. The lowest BCUT2D eigenvalue weighted by molar-refractivity contribution is 1.18. The quantitative estimate of drug-likeness (QED) is 0.124. The Hall–Kier alpha value is -7.72. The van der Waals surface area contributed by atoms with Crippen LogP contribution in [0.25, 0.3) is 120 Å². The fraction of sp³-hybridized carbons (Fsp3) is 0. The standard InChI is InChI=1S/C58H36N2S/c1-2-10-37(11-3-1)38-20-28-44(29-21-38)58-59-53(41-22-18-39(19-23-41)45-31-32-50-49-16-8-9-17-55(49)61-56(50)35-45)36-54(60-58)42-24-26-43(27-25-42)57-48-15-7-5-13-46(48)34-52-47-14-6-4-12-40(47)30-33-51(52)57/h1-36H. The summed E-state index contributed by atoms with van der Waals surface area (Å²) >= 11 is 1.85. The molecule has 0 fully saturated rings. The molecule has 10 aromatic carbocycles. The number of thiophene rings is 1. The lowest BCUT2D eigenvalue weighted by Crippen LogP contribution is -1.96. The van der Waals surface area contributed by atoms with E-state index in [1.807, 2.05) is 17.4 Å². The van der Waals surface area contributed by atoms with Crippen molar-refractivity contribution in [3.05, 3.63) is 218 Å². The van der Waals surface area contributed by atoms with E-state index in [1.165, 1.54) is 80.3 Å². The van der Waals surface area contributed by atoms with E-state index in [1.54, 1.807) is 0 Å². The summed E-state index contributed by atoms with van der Waals surface area (Å²) < 4.78 is 2.62. The first-order valence-corrected chi connectivity index (χ1v) is 21.5. The highest BCUT2D eigenvalue weighted by molar-refractivity contribution is 7.25. The zero-order valence-corrected chi connectivity index (χ0v) is 33.9. The normalized spacial score (nSPS) is 11.6. The highest BCUT2D eigenvalue weighted by atomic mass is 32.1. The Morgan fingerprint density at radius 2 is 0.770 bits per heavy atom. The van der Waals surface area contributed by atoms with Crippen LogP contribution < -0.4 is 0 Å². The fourth-order valence-electron chi connectivity index (χ4n) is 8.99. The van der Waals surface area contributed by atoms with Gasteiger partial charge in [0.05, 0.1) is 11.4 Å². The minimum Gasteiger partial charge on any atom is -0.228 e. The van der Waals surface area contributed by atoms with Crippen molar-refractivity contribution in [2.24, 2.45) is 0 Å². The molecule has 0 aliphatic heterocycles. The molecule has 0 N–H and O–H groups in total. The van der Waals surface area contributed by atoms with Crippen LogP contribution in [0.4, 0.5) is 0 Å². The Labute approximate surface area is 357 Å². The first-order chi connectivity index (χ1) is 30.2. The fourth-order valence-corrected chi connectivity index (χ4v) is 10.1. The second-order valence-electron chi connectivity index (χ2n) is 15.7. The molecule has 0 saturated heterocycles. The van der Waals surface area contributed by atoms with Gasteiger partial charge in [0.2, 0.25) is 0 Å². The van der Waals surface area contributed by atoms with Gasteiger partial charge in [-0.3, -0.25) is 0 Å². The predicted octanol–water partition coefficient (Wildman–Crippen LogP) is 16.3. The number of hydrogen-bond acceptors (Lipinski definition) is 3. The SMILES string of the molecule is c1ccc(-c2ccc(-c3nc(-c4ccc(-c5ccc6c(c5)sc5ccccc56)cc4)cc(-c4ccc(-c5c6ccccc6cc6c5ccc5ccccc56)cc4)n3)cc2)cc1. The monoisotopic (exact) mass is 792 g/mol. The van der Waals surface area contributed by atoms with Gasteiger partial charge in [-0.2, -0.15) is 0 Å². The molecular formula is C58H36N2S. The number of fused-ring (bicyclic) bond motifs is 7. The average molecular weight is 793 g/mol. The van der Waals surface area contributed by atoms with Crippen molar-refractivity contribution in [2.45, 2.75) is 0 Å². The van der Waals surface area contributed by atoms with Crippen molar-refractivity contribution in [2.75, 3.05) is 0 Å². The lowest BCUT2D eigenvalue weighted by atomic mass is 9.89. The van der Waals surface area contributed by atoms with Crippen LogP contribution in [0.1, 0.15) is 0 Å². The van der Waals surface area contributed by atoms with E-state index in [0.29, 0.717) is 5.82 Å². The van der Waals surface area contributed by atoms with Gasteiger partial charge in [-0.05, 0) is 90.0 Å². The van der Waals surface area contributed by atoms with Crippen LogP contribution in [0, 0.1) is 0 Å². The van der Waals surface area contributed by atoms with Crippen molar-refractivity contribution >= 4 is 63.8 Å². The maximum Gasteiger partial charge on any atom is 0.160 e. The van der Waals surface area contributed by atoms with Gasteiger partial charge < -0.3 is 0 Å². The molecule has 0 radical (unpaired) electrons. The summed E-state index contributed by atoms with van der Waals surface area (Å²) in [7, 11) is 0.